The maximum atomic E-state index is 12.7. The highest BCUT2D eigenvalue weighted by molar-refractivity contribution is 6.40. The van der Waals surface area contributed by atoms with Crippen molar-refractivity contribution in [3.8, 4) is 17.6 Å². The van der Waals surface area contributed by atoms with Crippen LogP contribution >= 0.6 is 34.8 Å². The molecule has 0 aliphatic heterocycles. The van der Waals surface area contributed by atoms with Crippen LogP contribution < -0.4 is 14.8 Å². The topological polar surface area (TPSA) is 71.3 Å². The van der Waals surface area contributed by atoms with Gasteiger partial charge in [-0.05, 0) is 48.4 Å². The molecule has 5 nitrogen and oxygen atoms in total. The summed E-state index contributed by atoms with van der Waals surface area (Å²) in [7, 11) is 0. The molecule has 0 aromatic heterocycles. The Morgan fingerprint density at radius 1 is 1.00 bits per heavy atom. The molecule has 0 unspecified atom stereocenters. The maximum Gasteiger partial charge on any atom is 0.266 e. The lowest BCUT2D eigenvalue weighted by Crippen LogP contribution is -2.14. The lowest BCUT2D eigenvalue weighted by atomic mass is 10.1. The van der Waals surface area contributed by atoms with Crippen LogP contribution in [-0.2, 0) is 11.4 Å². The Morgan fingerprint density at radius 2 is 1.70 bits per heavy atom. The third-order valence-corrected chi connectivity index (χ3v) is 5.35. The highest BCUT2D eigenvalue weighted by Crippen LogP contribution is 2.38. The van der Waals surface area contributed by atoms with Gasteiger partial charge in [-0.2, -0.15) is 5.26 Å². The molecule has 3 aromatic rings. The number of nitrogens with zero attached hydrogens (tertiary/aromatic N) is 1. The molecule has 0 spiro atoms. The predicted octanol–water partition coefficient (Wildman–Crippen LogP) is 7.17. The Labute approximate surface area is 207 Å². The van der Waals surface area contributed by atoms with Gasteiger partial charge in [0.05, 0.1) is 27.4 Å². The van der Waals surface area contributed by atoms with E-state index >= 15 is 0 Å². The van der Waals surface area contributed by atoms with Crippen molar-refractivity contribution in [3.63, 3.8) is 0 Å². The molecule has 8 heteroatoms. The van der Waals surface area contributed by atoms with Crippen molar-refractivity contribution < 1.29 is 14.3 Å². The van der Waals surface area contributed by atoms with E-state index in [1.807, 2.05) is 43.3 Å². The van der Waals surface area contributed by atoms with Crippen LogP contribution in [0.3, 0.4) is 0 Å². The number of halogens is 3. The fourth-order valence-corrected chi connectivity index (χ4v) is 3.68. The second-order valence-corrected chi connectivity index (χ2v) is 7.98. The number of nitriles is 1. The van der Waals surface area contributed by atoms with E-state index in [4.69, 9.17) is 44.3 Å². The first-order valence-electron chi connectivity index (χ1n) is 9.93. The van der Waals surface area contributed by atoms with Gasteiger partial charge in [0, 0.05) is 0 Å². The third kappa shape index (κ3) is 6.43. The summed E-state index contributed by atoms with van der Waals surface area (Å²) in [6.45, 7) is 2.51. The number of nitrogens with one attached hydrogen (secondary N) is 1. The number of ether oxygens (including phenoxy) is 2. The minimum absolute atomic E-state index is 0.164. The number of hydrogen-bond acceptors (Lipinski definition) is 4. The Kier molecular flexibility index (Phi) is 8.62. The molecule has 0 atom stereocenters. The van der Waals surface area contributed by atoms with Crippen molar-refractivity contribution in [1.82, 2.24) is 0 Å². The number of carbonyl (C=O) groups is 1. The molecule has 3 aromatic carbocycles. The normalized spacial score (nSPS) is 10.9. The summed E-state index contributed by atoms with van der Waals surface area (Å²) in [5, 5.41) is 12.9. The van der Waals surface area contributed by atoms with Crippen molar-refractivity contribution in [3.05, 3.63) is 92.4 Å². The zero-order valence-corrected chi connectivity index (χ0v) is 19.8. The molecule has 0 saturated heterocycles. The number of para-hydroxylation sites is 1. The van der Waals surface area contributed by atoms with E-state index in [0.717, 1.165) is 5.56 Å². The number of carbonyl (C=O) groups excluding carboxylic acids is 1. The van der Waals surface area contributed by atoms with Crippen molar-refractivity contribution in [2.45, 2.75) is 13.5 Å². The van der Waals surface area contributed by atoms with Gasteiger partial charge < -0.3 is 14.8 Å². The Morgan fingerprint density at radius 3 is 2.33 bits per heavy atom. The maximum absolute atomic E-state index is 12.7. The molecule has 3 rings (SSSR count). The summed E-state index contributed by atoms with van der Waals surface area (Å²) in [5.74, 6) is 0.121. The smallest absolute Gasteiger partial charge is 0.266 e. The number of amides is 1. The summed E-state index contributed by atoms with van der Waals surface area (Å²) >= 11 is 18.7. The van der Waals surface area contributed by atoms with Crippen LogP contribution in [0.4, 0.5) is 5.69 Å². The zero-order valence-electron chi connectivity index (χ0n) is 17.6. The highest BCUT2D eigenvalue weighted by Gasteiger charge is 2.16. The van der Waals surface area contributed by atoms with Gasteiger partial charge in [0.1, 0.15) is 18.2 Å². The first-order chi connectivity index (χ1) is 15.9. The Hall–Kier alpha value is -3.17. The molecule has 1 amide bonds. The first-order valence-corrected chi connectivity index (χ1v) is 11.1. The van der Waals surface area contributed by atoms with Crippen molar-refractivity contribution in [2.75, 3.05) is 11.9 Å². The molecule has 1 N–H and O–H groups in total. The molecule has 0 aliphatic rings. The monoisotopic (exact) mass is 500 g/mol. The largest absolute Gasteiger partial charge is 0.490 e. The molecule has 168 valence electrons. The predicted molar refractivity (Wildman–Crippen MR) is 132 cm³/mol. The van der Waals surface area contributed by atoms with E-state index in [9.17, 15) is 10.1 Å². The lowest BCUT2D eigenvalue weighted by molar-refractivity contribution is -0.112. The summed E-state index contributed by atoms with van der Waals surface area (Å²) < 4.78 is 11.6. The molecule has 0 heterocycles. The van der Waals surface area contributed by atoms with Crippen molar-refractivity contribution in [1.29, 1.82) is 5.26 Å². The molecule has 0 bridgehead atoms. The van der Waals surface area contributed by atoms with Crippen LogP contribution in [0, 0.1) is 11.3 Å². The van der Waals surface area contributed by atoms with Gasteiger partial charge in [-0.25, -0.2) is 0 Å². The van der Waals surface area contributed by atoms with E-state index in [1.165, 1.54) is 6.08 Å². The van der Waals surface area contributed by atoms with Crippen LogP contribution in [0.1, 0.15) is 18.1 Å². The molecular weight excluding hydrogens is 483 g/mol. The molecule has 0 radical (unpaired) electrons. The molecule has 0 fully saturated rings. The van der Waals surface area contributed by atoms with Crippen LogP contribution in [0.2, 0.25) is 15.1 Å². The van der Waals surface area contributed by atoms with Gasteiger partial charge in [0.15, 0.2) is 11.5 Å². The van der Waals surface area contributed by atoms with Gasteiger partial charge in [0.25, 0.3) is 5.91 Å². The van der Waals surface area contributed by atoms with Gasteiger partial charge >= 0.3 is 0 Å². The average Bonchev–Trinajstić information content (AvgIpc) is 2.80. The summed E-state index contributed by atoms with van der Waals surface area (Å²) in [4.78, 5) is 12.7. The van der Waals surface area contributed by atoms with E-state index in [2.05, 4.69) is 5.32 Å². The van der Waals surface area contributed by atoms with Crippen LogP contribution in [0.25, 0.3) is 6.08 Å². The minimum atomic E-state index is -0.661. The van der Waals surface area contributed by atoms with Crippen LogP contribution in [-0.4, -0.2) is 12.5 Å². The Bertz CT molecular complexity index is 1200. The summed E-state index contributed by atoms with van der Waals surface area (Å²) in [6, 6.07) is 19.6. The van der Waals surface area contributed by atoms with Gasteiger partial charge in [-0.1, -0.05) is 71.2 Å². The Balaban J connectivity index is 1.87. The van der Waals surface area contributed by atoms with E-state index < -0.39 is 5.91 Å². The minimum Gasteiger partial charge on any atom is -0.490 e. The molecule has 33 heavy (non-hydrogen) atoms. The van der Waals surface area contributed by atoms with Gasteiger partial charge in [0.2, 0.25) is 0 Å². The second kappa shape index (κ2) is 11.6. The lowest BCUT2D eigenvalue weighted by Gasteiger charge is -2.15. The van der Waals surface area contributed by atoms with Gasteiger partial charge in [-0.3, -0.25) is 4.79 Å². The number of anilines is 1. The van der Waals surface area contributed by atoms with Gasteiger partial charge in [-0.15, -0.1) is 0 Å². The first kappa shape index (κ1) is 24.5. The van der Waals surface area contributed by atoms with Crippen molar-refractivity contribution in [2.24, 2.45) is 0 Å². The number of rotatable bonds is 8. The van der Waals surface area contributed by atoms with E-state index in [0.29, 0.717) is 30.3 Å². The zero-order chi connectivity index (χ0) is 23.8. The van der Waals surface area contributed by atoms with Crippen LogP contribution in [0.15, 0.2) is 66.2 Å². The van der Waals surface area contributed by atoms with Crippen LogP contribution in [0.5, 0.6) is 11.5 Å². The molecular formula is C25H19Cl3N2O3. The summed E-state index contributed by atoms with van der Waals surface area (Å²) in [5.41, 5.74) is 1.53. The molecule has 0 saturated carbocycles. The van der Waals surface area contributed by atoms with Crippen molar-refractivity contribution >= 4 is 52.5 Å². The quantitative estimate of drug-likeness (QED) is 0.262. The summed E-state index contributed by atoms with van der Waals surface area (Å²) in [6.07, 6.45) is 1.40. The molecule has 0 aliphatic carbocycles. The van der Waals surface area contributed by atoms with E-state index in [-0.39, 0.29) is 26.3 Å². The SMILES string of the molecule is CCOc1cc(/C=C(\C#N)C(=O)Nc2c(Cl)cccc2Cl)cc(Cl)c1OCc1ccccc1. The highest BCUT2D eigenvalue weighted by atomic mass is 35.5. The third-order valence-electron chi connectivity index (χ3n) is 4.44. The standard InChI is InChI=1S/C25H19Cl3N2O3/c1-2-32-22-13-17(12-21(28)24(22)33-15-16-7-4-3-5-8-16)11-18(14-29)25(31)30-23-19(26)9-6-10-20(23)27/h3-13H,2,15H2,1H3,(H,30,31)/b18-11+. The number of hydrogen-bond donors (Lipinski definition) is 1. The second-order valence-electron chi connectivity index (χ2n) is 6.76. The fraction of sp³-hybridized carbons (Fsp3) is 0.120. The average molecular weight is 502 g/mol. The number of benzene rings is 3. The fourth-order valence-electron chi connectivity index (χ4n) is 2.92. The van der Waals surface area contributed by atoms with E-state index in [1.54, 1.807) is 30.3 Å².